The van der Waals surface area contributed by atoms with Crippen LogP contribution in [-0.2, 0) is 22.7 Å². The number of nitrogens with zero attached hydrogens (tertiary/aromatic N) is 3. The van der Waals surface area contributed by atoms with E-state index < -0.39 is 9.84 Å². The minimum Gasteiger partial charge on any atom is -0.356 e. The number of sulfone groups is 1. The zero-order valence-electron chi connectivity index (χ0n) is 12.9. The van der Waals surface area contributed by atoms with Gasteiger partial charge in [-0.05, 0) is 48.2 Å². The van der Waals surface area contributed by atoms with Gasteiger partial charge in [-0.1, -0.05) is 12.1 Å². The van der Waals surface area contributed by atoms with Gasteiger partial charge in [-0.2, -0.15) is 5.26 Å². The van der Waals surface area contributed by atoms with Gasteiger partial charge in [0.15, 0.2) is 9.84 Å². The molecule has 3 rings (SSSR count). The summed E-state index contributed by atoms with van der Waals surface area (Å²) in [7, 11) is -3.18. The zero-order chi connectivity index (χ0) is 16.4. The van der Waals surface area contributed by atoms with E-state index in [0.717, 1.165) is 37.3 Å². The van der Waals surface area contributed by atoms with Crippen LogP contribution in [-0.4, -0.2) is 32.7 Å². The van der Waals surface area contributed by atoms with Crippen LogP contribution in [0.4, 0.5) is 5.82 Å². The van der Waals surface area contributed by atoms with Gasteiger partial charge < -0.3 is 4.90 Å². The Bertz CT molecular complexity index is 885. The Labute approximate surface area is 136 Å². The molecule has 0 bridgehead atoms. The molecule has 1 aliphatic rings. The van der Waals surface area contributed by atoms with E-state index in [9.17, 15) is 8.42 Å². The van der Waals surface area contributed by atoms with Crippen molar-refractivity contribution in [3.05, 3.63) is 53.2 Å². The van der Waals surface area contributed by atoms with Crippen molar-refractivity contribution in [2.24, 2.45) is 0 Å². The third-order valence-corrected chi connectivity index (χ3v) is 5.19. The Hall–Kier alpha value is -2.39. The predicted molar refractivity (Wildman–Crippen MR) is 88.1 cm³/mol. The second kappa shape index (κ2) is 6.01. The zero-order valence-corrected chi connectivity index (χ0v) is 13.7. The highest BCUT2D eigenvalue weighted by atomic mass is 32.2. The molecule has 0 saturated heterocycles. The van der Waals surface area contributed by atoms with E-state index in [1.807, 2.05) is 18.2 Å². The maximum Gasteiger partial charge on any atom is 0.175 e. The fourth-order valence-corrected chi connectivity index (χ4v) is 3.49. The van der Waals surface area contributed by atoms with E-state index in [-0.39, 0.29) is 0 Å². The summed E-state index contributed by atoms with van der Waals surface area (Å²) in [5, 5.41) is 8.98. The van der Waals surface area contributed by atoms with Gasteiger partial charge in [0.25, 0.3) is 0 Å². The molecule has 0 saturated carbocycles. The smallest absolute Gasteiger partial charge is 0.175 e. The second-order valence-corrected chi connectivity index (χ2v) is 7.70. The molecular weight excluding hydrogens is 310 g/mol. The minimum atomic E-state index is -3.18. The summed E-state index contributed by atoms with van der Waals surface area (Å²) < 4.78 is 23.4. The third kappa shape index (κ3) is 3.35. The Morgan fingerprint density at radius 1 is 1.13 bits per heavy atom. The molecule has 0 N–H and O–H groups in total. The summed E-state index contributed by atoms with van der Waals surface area (Å²) in [4.78, 5) is 6.85. The maximum absolute atomic E-state index is 11.7. The fourth-order valence-electron chi connectivity index (χ4n) is 2.82. The summed E-state index contributed by atoms with van der Waals surface area (Å²) in [6.45, 7) is 1.55. The first kappa shape index (κ1) is 15.5. The van der Waals surface area contributed by atoms with Crippen LogP contribution in [0.3, 0.4) is 0 Å². The summed E-state index contributed by atoms with van der Waals surface area (Å²) in [6.07, 6.45) is 2.82. The van der Waals surface area contributed by atoms with Gasteiger partial charge in [0.2, 0.25) is 0 Å². The van der Waals surface area contributed by atoms with Crippen molar-refractivity contribution in [1.82, 2.24) is 4.98 Å². The summed E-state index contributed by atoms with van der Waals surface area (Å²) >= 11 is 0. The van der Waals surface area contributed by atoms with Crippen LogP contribution in [0.2, 0.25) is 0 Å². The molecule has 2 aromatic rings. The van der Waals surface area contributed by atoms with Gasteiger partial charge in [-0.25, -0.2) is 13.4 Å². The lowest BCUT2D eigenvalue weighted by Crippen LogP contribution is -2.27. The lowest BCUT2D eigenvalue weighted by molar-refractivity contribution is 0.601. The lowest BCUT2D eigenvalue weighted by atomic mass is 10.0. The Kier molecular flexibility index (Phi) is 4.05. The molecule has 0 unspecified atom stereocenters. The van der Waals surface area contributed by atoms with E-state index >= 15 is 0 Å². The Balaban J connectivity index is 1.86. The molecule has 0 fully saturated rings. The largest absolute Gasteiger partial charge is 0.356 e. The van der Waals surface area contributed by atoms with Crippen molar-refractivity contribution < 1.29 is 8.42 Å². The van der Waals surface area contributed by atoms with Crippen molar-refractivity contribution in [2.45, 2.75) is 17.7 Å². The van der Waals surface area contributed by atoms with Crippen molar-refractivity contribution in [1.29, 1.82) is 5.26 Å². The van der Waals surface area contributed by atoms with Crippen LogP contribution in [0.5, 0.6) is 0 Å². The first-order chi connectivity index (χ1) is 11.0. The van der Waals surface area contributed by atoms with Crippen molar-refractivity contribution >= 4 is 15.7 Å². The number of fused-ring (bicyclic) bond motifs is 1. The molecule has 1 aromatic carbocycles. The molecule has 0 aliphatic carbocycles. The molecule has 5 nitrogen and oxygen atoms in total. The van der Waals surface area contributed by atoms with Gasteiger partial charge in [-0.15, -0.1) is 0 Å². The standard InChI is InChI=1S/C17H17N3O2S/c1-23(21,22)16-6-5-13-7-9-20(10-8-14(13)11-16)17-4-2-3-15(12-18)19-17/h2-6,11H,7-10H2,1H3. The van der Waals surface area contributed by atoms with E-state index in [2.05, 4.69) is 16.0 Å². The number of anilines is 1. The number of pyridine rings is 1. The number of hydrogen-bond donors (Lipinski definition) is 0. The van der Waals surface area contributed by atoms with Crippen LogP contribution >= 0.6 is 0 Å². The SMILES string of the molecule is CS(=O)(=O)c1ccc2c(c1)CCN(c1cccc(C#N)n1)CC2. The van der Waals surface area contributed by atoms with Crippen LogP contribution in [0.1, 0.15) is 16.8 Å². The second-order valence-electron chi connectivity index (χ2n) is 5.68. The van der Waals surface area contributed by atoms with Gasteiger partial charge in [0, 0.05) is 19.3 Å². The fraction of sp³-hybridized carbons (Fsp3) is 0.294. The highest BCUT2D eigenvalue weighted by Gasteiger charge is 2.17. The van der Waals surface area contributed by atoms with Crippen LogP contribution in [0, 0.1) is 11.3 Å². The summed E-state index contributed by atoms with van der Waals surface area (Å²) in [5.41, 5.74) is 2.66. The number of benzene rings is 1. The minimum absolute atomic E-state index is 0.370. The molecule has 6 heteroatoms. The summed E-state index contributed by atoms with van der Waals surface area (Å²) in [5.74, 6) is 0.792. The quantitative estimate of drug-likeness (QED) is 0.843. The number of aromatic nitrogens is 1. The highest BCUT2D eigenvalue weighted by molar-refractivity contribution is 7.90. The molecule has 2 heterocycles. The first-order valence-electron chi connectivity index (χ1n) is 7.41. The van der Waals surface area contributed by atoms with Crippen molar-refractivity contribution in [3.63, 3.8) is 0 Å². The molecule has 0 radical (unpaired) electrons. The topological polar surface area (TPSA) is 74.1 Å². The molecule has 0 amide bonds. The number of rotatable bonds is 2. The number of nitriles is 1. The monoisotopic (exact) mass is 327 g/mol. The number of hydrogen-bond acceptors (Lipinski definition) is 5. The van der Waals surface area contributed by atoms with E-state index in [0.29, 0.717) is 10.6 Å². The van der Waals surface area contributed by atoms with Crippen LogP contribution in [0.25, 0.3) is 0 Å². The maximum atomic E-state index is 11.7. The molecule has 1 aromatic heterocycles. The molecule has 23 heavy (non-hydrogen) atoms. The van der Waals surface area contributed by atoms with Gasteiger partial charge >= 0.3 is 0 Å². The van der Waals surface area contributed by atoms with Crippen LogP contribution < -0.4 is 4.90 Å². The average molecular weight is 327 g/mol. The molecule has 1 aliphatic heterocycles. The lowest BCUT2D eigenvalue weighted by Gasteiger charge is -2.21. The van der Waals surface area contributed by atoms with E-state index in [4.69, 9.17) is 5.26 Å². The predicted octanol–water partition coefficient (Wildman–Crippen LogP) is 1.96. The van der Waals surface area contributed by atoms with Crippen molar-refractivity contribution in [2.75, 3.05) is 24.2 Å². The van der Waals surface area contributed by atoms with E-state index in [1.165, 1.54) is 11.8 Å². The highest BCUT2D eigenvalue weighted by Crippen LogP contribution is 2.22. The normalized spacial score (nSPS) is 14.7. The Morgan fingerprint density at radius 3 is 2.57 bits per heavy atom. The van der Waals surface area contributed by atoms with Crippen LogP contribution in [0.15, 0.2) is 41.3 Å². The van der Waals surface area contributed by atoms with Gasteiger partial charge in [0.1, 0.15) is 17.6 Å². The Morgan fingerprint density at radius 2 is 1.87 bits per heavy atom. The van der Waals surface area contributed by atoms with Gasteiger partial charge in [-0.3, -0.25) is 0 Å². The first-order valence-corrected chi connectivity index (χ1v) is 9.30. The molecule has 0 spiro atoms. The van der Waals surface area contributed by atoms with Crippen molar-refractivity contribution in [3.8, 4) is 6.07 Å². The summed E-state index contributed by atoms with van der Waals surface area (Å²) in [6, 6.07) is 12.9. The third-order valence-electron chi connectivity index (χ3n) is 4.08. The molecule has 0 atom stereocenters. The molecule has 118 valence electrons. The van der Waals surface area contributed by atoms with E-state index in [1.54, 1.807) is 18.2 Å². The average Bonchev–Trinajstić information content (AvgIpc) is 2.76. The van der Waals surface area contributed by atoms with Gasteiger partial charge in [0.05, 0.1) is 4.90 Å². The molecular formula is C17H17N3O2S.